The predicted octanol–water partition coefficient (Wildman–Crippen LogP) is 3.27. The fourth-order valence-corrected chi connectivity index (χ4v) is 2.84. The molecule has 0 aromatic heterocycles. The second-order valence-corrected chi connectivity index (χ2v) is 5.59. The maximum Gasteiger partial charge on any atom is 0.0581 e. The molecule has 1 aliphatic carbocycles. The van der Waals surface area contributed by atoms with Gasteiger partial charge in [0, 0.05) is 7.11 Å². The van der Waals surface area contributed by atoms with Crippen molar-refractivity contribution in [1.82, 2.24) is 0 Å². The second-order valence-electron chi connectivity index (χ2n) is 5.59. The molecule has 1 fully saturated rings. The average Bonchev–Trinajstić information content (AvgIpc) is 2.01. The number of hydrogen-bond acceptors (Lipinski definition) is 1. The molecule has 2 nitrogen and oxygen atoms in total. The van der Waals surface area contributed by atoms with E-state index in [0.29, 0.717) is 18.1 Å². The Bertz CT molecular complexity index is 179. The van der Waals surface area contributed by atoms with E-state index in [4.69, 9.17) is 10.5 Å². The molecule has 0 aromatic carbocycles. The van der Waals surface area contributed by atoms with Gasteiger partial charge < -0.3 is 10.5 Å². The monoisotopic (exact) mass is 184 g/mol. The fourth-order valence-electron chi connectivity index (χ4n) is 2.84. The molecular formula is C11H22NO-. The highest BCUT2D eigenvalue weighted by molar-refractivity contribution is 4.94. The number of nitrogens with one attached hydrogen (secondary N) is 1. The Morgan fingerprint density at radius 2 is 1.92 bits per heavy atom. The van der Waals surface area contributed by atoms with Crippen LogP contribution in [-0.4, -0.2) is 19.8 Å². The Balaban J connectivity index is 2.71. The summed E-state index contributed by atoms with van der Waals surface area (Å²) in [5.74, 6) is 0. The van der Waals surface area contributed by atoms with E-state index in [9.17, 15) is 0 Å². The molecule has 0 saturated heterocycles. The van der Waals surface area contributed by atoms with Crippen LogP contribution in [0.1, 0.15) is 40.0 Å². The van der Waals surface area contributed by atoms with E-state index < -0.39 is 0 Å². The molecule has 0 heterocycles. The lowest BCUT2D eigenvalue weighted by atomic mass is 9.63. The van der Waals surface area contributed by atoms with Gasteiger partial charge in [0.15, 0.2) is 0 Å². The van der Waals surface area contributed by atoms with Gasteiger partial charge in [-0.3, -0.25) is 0 Å². The van der Waals surface area contributed by atoms with Gasteiger partial charge in [-0.2, -0.15) is 0 Å². The van der Waals surface area contributed by atoms with Crippen molar-refractivity contribution >= 4 is 0 Å². The zero-order valence-corrected chi connectivity index (χ0v) is 9.31. The standard InChI is InChI=1S/C11H22NO/c1-10(2)5-9(13-4)6-11(3,7-10)8-12/h9,12H,5-8H2,1-4H3/q-1. The molecule has 0 aromatic rings. The van der Waals surface area contributed by atoms with E-state index in [1.54, 1.807) is 7.11 Å². The van der Waals surface area contributed by atoms with Crippen molar-refractivity contribution in [3.8, 4) is 0 Å². The third-order valence-electron chi connectivity index (χ3n) is 3.17. The third-order valence-corrected chi connectivity index (χ3v) is 3.17. The zero-order chi connectivity index (χ0) is 10.1. The Kier molecular flexibility index (Phi) is 3.03. The summed E-state index contributed by atoms with van der Waals surface area (Å²) in [6.07, 6.45) is 3.71. The summed E-state index contributed by atoms with van der Waals surface area (Å²) in [4.78, 5) is 0. The van der Waals surface area contributed by atoms with Crippen LogP contribution in [0.5, 0.6) is 0 Å². The highest BCUT2D eigenvalue weighted by Gasteiger charge is 2.38. The molecule has 1 N–H and O–H groups in total. The predicted molar refractivity (Wildman–Crippen MR) is 55.7 cm³/mol. The van der Waals surface area contributed by atoms with Crippen molar-refractivity contribution in [2.75, 3.05) is 13.7 Å². The molecule has 1 rings (SSSR count). The Hall–Kier alpha value is -0.0800. The molecule has 0 radical (unpaired) electrons. The largest absolute Gasteiger partial charge is 0.677 e. The van der Waals surface area contributed by atoms with Gasteiger partial charge in [-0.05, 0) is 30.1 Å². The van der Waals surface area contributed by atoms with Crippen LogP contribution in [0.25, 0.3) is 5.73 Å². The van der Waals surface area contributed by atoms with Crippen molar-refractivity contribution < 1.29 is 4.74 Å². The minimum Gasteiger partial charge on any atom is -0.677 e. The van der Waals surface area contributed by atoms with Crippen molar-refractivity contribution in [3.63, 3.8) is 0 Å². The van der Waals surface area contributed by atoms with Crippen LogP contribution >= 0.6 is 0 Å². The normalized spacial score (nSPS) is 39.0. The molecular weight excluding hydrogens is 162 g/mol. The van der Waals surface area contributed by atoms with Crippen LogP contribution in [0.2, 0.25) is 0 Å². The minimum atomic E-state index is 0.169. The van der Waals surface area contributed by atoms with E-state index in [1.165, 1.54) is 0 Å². The van der Waals surface area contributed by atoms with Crippen LogP contribution in [0.15, 0.2) is 0 Å². The van der Waals surface area contributed by atoms with Crippen molar-refractivity contribution in [1.29, 1.82) is 0 Å². The number of ether oxygens (including phenoxy) is 1. The van der Waals surface area contributed by atoms with Crippen LogP contribution in [0.3, 0.4) is 0 Å². The first-order valence-corrected chi connectivity index (χ1v) is 5.08. The SMILES string of the molecule is COC1CC(C)(C)CC(C)(C[NH-])C1. The van der Waals surface area contributed by atoms with Gasteiger partial charge in [-0.25, -0.2) is 0 Å². The lowest BCUT2D eigenvalue weighted by Gasteiger charge is -2.47. The summed E-state index contributed by atoms with van der Waals surface area (Å²) in [5.41, 5.74) is 8.09. The summed E-state index contributed by atoms with van der Waals surface area (Å²) >= 11 is 0. The number of hydrogen-bond donors (Lipinski definition) is 0. The summed E-state index contributed by atoms with van der Waals surface area (Å²) < 4.78 is 5.44. The molecule has 2 heteroatoms. The van der Waals surface area contributed by atoms with Gasteiger partial charge in [-0.1, -0.05) is 20.8 Å². The first-order chi connectivity index (χ1) is 5.91. The molecule has 0 aliphatic heterocycles. The highest BCUT2D eigenvalue weighted by Crippen LogP contribution is 2.46. The highest BCUT2D eigenvalue weighted by atomic mass is 16.5. The van der Waals surface area contributed by atoms with Crippen molar-refractivity contribution in [2.24, 2.45) is 10.8 Å². The summed E-state index contributed by atoms with van der Waals surface area (Å²) in [6, 6.07) is 0. The fraction of sp³-hybridized carbons (Fsp3) is 1.00. The van der Waals surface area contributed by atoms with Gasteiger partial charge in [0.05, 0.1) is 6.10 Å². The van der Waals surface area contributed by atoms with Gasteiger partial charge in [0.25, 0.3) is 0 Å². The lowest BCUT2D eigenvalue weighted by Crippen LogP contribution is -2.40. The molecule has 1 aliphatic rings. The Morgan fingerprint density at radius 3 is 2.38 bits per heavy atom. The maximum atomic E-state index is 7.58. The topological polar surface area (TPSA) is 33.0 Å². The van der Waals surface area contributed by atoms with E-state index in [0.717, 1.165) is 19.3 Å². The number of methoxy groups -OCH3 is 1. The molecule has 2 atom stereocenters. The molecule has 0 amide bonds. The number of rotatable bonds is 2. The average molecular weight is 184 g/mol. The molecule has 1 saturated carbocycles. The minimum absolute atomic E-state index is 0.169. The van der Waals surface area contributed by atoms with Crippen LogP contribution in [0.4, 0.5) is 0 Å². The van der Waals surface area contributed by atoms with Crippen LogP contribution in [0, 0.1) is 10.8 Å². The lowest BCUT2D eigenvalue weighted by molar-refractivity contribution is -0.0275. The third kappa shape index (κ3) is 2.68. The molecule has 0 spiro atoms. The van der Waals surface area contributed by atoms with E-state index in [1.807, 2.05) is 0 Å². The first-order valence-electron chi connectivity index (χ1n) is 5.08. The van der Waals surface area contributed by atoms with Gasteiger partial charge in [-0.15, -0.1) is 6.54 Å². The zero-order valence-electron chi connectivity index (χ0n) is 9.31. The van der Waals surface area contributed by atoms with Gasteiger partial charge >= 0.3 is 0 Å². The van der Waals surface area contributed by atoms with E-state index in [-0.39, 0.29) is 5.41 Å². The quantitative estimate of drug-likeness (QED) is 0.648. The van der Waals surface area contributed by atoms with Gasteiger partial charge in [0.1, 0.15) is 0 Å². The summed E-state index contributed by atoms with van der Waals surface area (Å²) in [6.45, 7) is 7.31. The second kappa shape index (κ2) is 3.58. The smallest absolute Gasteiger partial charge is 0.0581 e. The van der Waals surface area contributed by atoms with Crippen molar-refractivity contribution in [2.45, 2.75) is 46.1 Å². The first kappa shape index (κ1) is 11.0. The molecule has 78 valence electrons. The van der Waals surface area contributed by atoms with Crippen LogP contribution < -0.4 is 0 Å². The van der Waals surface area contributed by atoms with E-state index in [2.05, 4.69) is 20.8 Å². The molecule has 2 unspecified atom stereocenters. The Labute approximate surface area is 81.8 Å². The van der Waals surface area contributed by atoms with Gasteiger partial charge in [0.2, 0.25) is 0 Å². The van der Waals surface area contributed by atoms with E-state index >= 15 is 0 Å². The summed E-state index contributed by atoms with van der Waals surface area (Å²) in [7, 11) is 1.79. The summed E-state index contributed by atoms with van der Waals surface area (Å²) in [5, 5.41) is 0. The molecule has 0 bridgehead atoms. The van der Waals surface area contributed by atoms with Crippen molar-refractivity contribution in [3.05, 3.63) is 5.73 Å². The molecule has 13 heavy (non-hydrogen) atoms. The van der Waals surface area contributed by atoms with Crippen LogP contribution in [-0.2, 0) is 4.74 Å². The Morgan fingerprint density at radius 1 is 1.31 bits per heavy atom. The maximum absolute atomic E-state index is 7.58.